The first kappa shape index (κ1) is 11.4. The summed E-state index contributed by atoms with van der Waals surface area (Å²) in [4.78, 5) is 8.59. The molecule has 1 aromatic heterocycles. The SMILES string of the molecule is NC1CCCc2sc(N3CCc4ccccc43)nc21. The average molecular weight is 271 g/mol. The number of hydrogen-bond acceptors (Lipinski definition) is 4. The average Bonchev–Trinajstić information content (AvgIpc) is 3.02. The van der Waals surface area contributed by atoms with Gasteiger partial charge in [-0.25, -0.2) is 4.98 Å². The molecule has 1 aliphatic carbocycles. The van der Waals surface area contributed by atoms with Crippen LogP contribution in [0, 0.1) is 0 Å². The Morgan fingerprint density at radius 2 is 2.16 bits per heavy atom. The number of para-hydroxylation sites is 1. The summed E-state index contributed by atoms with van der Waals surface area (Å²) in [6, 6.07) is 8.78. The van der Waals surface area contributed by atoms with Crippen LogP contribution in [0.4, 0.5) is 10.8 Å². The maximum Gasteiger partial charge on any atom is 0.190 e. The van der Waals surface area contributed by atoms with E-state index in [-0.39, 0.29) is 6.04 Å². The third kappa shape index (κ3) is 1.78. The molecular weight excluding hydrogens is 254 g/mol. The molecule has 2 N–H and O–H groups in total. The van der Waals surface area contributed by atoms with Crippen molar-refractivity contribution in [1.82, 2.24) is 4.98 Å². The fourth-order valence-corrected chi connectivity index (χ4v) is 4.30. The summed E-state index contributed by atoms with van der Waals surface area (Å²) in [5.74, 6) is 0. The number of anilines is 2. The highest BCUT2D eigenvalue weighted by molar-refractivity contribution is 7.15. The molecule has 0 saturated carbocycles. The number of hydrogen-bond donors (Lipinski definition) is 1. The molecule has 0 saturated heterocycles. The summed E-state index contributed by atoms with van der Waals surface area (Å²) >= 11 is 1.83. The summed E-state index contributed by atoms with van der Waals surface area (Å²) in [6.45, 7) is 1.04. The zero-order valence-electron chi connectivity index (χ0n) is 10.8. The Morgan fingerprint density at radius 3 is 3.05 bits per heavy atom. The third-order valence-corrected chi connectivity index (χ3v) is 5.26. The van der Waals surface area contributed by atoms with Crippen molar-refractivity contribution in [1.29, 1.82) is 0 Å². The zero-order valence-corrected chi connectivity index (χ0v) is 11.6. The van der Waals surface area contributed by atoms with Crippen LogP contribution < -0.4 is 10.6 Å². The van der Waals surface area contributed by atoms with Crippen LogP contribution in [0.3, 0.4) is 0 Å². The topological polar surface area (TPSA) is 42.1 Å². The molecule has 4 rings (SSSR count). The van der Waals surface area contributed by atoms with Crippen LogP contribution in [0.5, 0.6) is 0 Å². The molecule has 1 atom stereocenters. The highest BCUT2D eigenvalue weighted by Crippen LogP contribution is 2.40. The minimum Gasteiger partial charge on any atom is -0.323 e. The second-order valence-corrected chi connectivity index (χ2v) is 6.40. The molecule has 2 heterocycles. The molecule has 98 valence electrons. The van der Waals surface area contributed by atoms with E-state index in [1.165, 1.54) is 22.5 Å². The maximum atomic E-state index is 6.18. The third-order valence-electron chi connectivity index (χ3n) is 4.10. The number of nitrogens with two attached hydrogens (primary N) is 1. The molecule has 2 aromatic rings. The number of aromatic nitrogens is 1. The van der Waals surface area contributed by atoms with Crippen LogP contribution in [0.1, 0.15) is 35.0 Å². The monoisotopic (exact) mass is 271 g/mol. The molecular formula is C15H17N3S. The van der Waals surface area contributed by atoms with Crippen molar-refractivity contribution in [2.45, 2.75) is 31.7 Å². The lowest BCUT2D eigenvalue weighted by Gasteiger charge is -2.16. The molecule has 0 spiro atoms. The van der Waals surface area contributed by atoms with Gasteiger partial charge in [0.2, 0.25) is 0 Å². The van der Waals surface area contributed by atoms with E-state index in [1.807, 2.05) is 11.3 Å². The number of aryl methyl sites for hydroxylation is 1. The van der Waals surface area contributed by atoms with Crippen molar-refractivity contribution in [3.63, 3.8) is 0 Å². The van der Waals surface area contributed by atoms with Crippen LogP contribution in [-0.4, -0.2) is 11.5 Å². The smallest absolute Gasteiger partial charge is 0.190 e. The second kappa shape index (κ2) is 4.32. The lowest BCUT2D eigenvalue weighted by molar-refractivity contribution is 0.563. The van der Waals surface area contributed by atoms with Gasteiger partial charge in [0.15, 0.2) is 5.13 Å². The minimum absolute atomic E-state index is 0.145. The van der Waals surface area contributed by atoms with Crippen LogP contribution in [0.25, 0.3) is 0 Å². The van der Waals surface area contributed by atoms with Gasteiger partial charge in [0.1, 0.15) is 0 Å². The number of thiazole rings is 1. The molecule has 3 nitrogen and oxygen atoms in total. The number of benzene rings is 1. The number of fused-ring (bicyclic) bond motifs is 2. The van der Waals surface area contributed by atoms with E-state index in [0.29, 0.717) is 0 Å². The quantitative estimate of drug-likeness (QED) is 0.866. The maximum absolute atomic E-state index is 6.18. The van der Waals surface area contributed by atoms with E-state index in [4.69, 9.17) is 10.7 Å². The van der Waals surface area contributed by atoms with Crippen molar-refractivity contribution >= 4 is 22.2 Å². The molecule has 0 amide bonds. The molecule has 1 aromatic carbocycles. The van der Waals surface area contributed by atoms with Gasteiger partial charge in [-0.1, -0.05) is 18.2 Å². The van der Waals surface area contributed by atoms with Crippen LogP contribution in [0.2, 0.25) is 0 Å². The molecule has 0 fully saturated rings. The first-order chi connectivity index (χ1) is 9.33. The highest BCUT2D eigenvalue weighted by Gasteiger charge is 2.27. The molecule has 0 radical (unpaired) electrons. The Hall–Kier alpha value is -1.39. The van der Waals surface area contributed by atoms with Crippen LogP contribution in [0.15, 0.2) is 24.3 Å². The van der Waals surface area contributed by atoms with Crippen molar-refractivity contribution in [3.8, 4) is 0 Å². The number of rotatable bonds is 1. The largest absolute Gasteiger partial charge is 0.323 e. The summed E-state index contributed by atoms with van der Waals surface area (Å²) in [5.41, 5.74) is 10.1. The molecule has 1 unspecified atom stereocenters. The fraction of sp³-hybridized carbons (Fsp3) is 0.400. The van der Waals surface area contributed by atoms with E-state index in [2.05, 4.69) is 29.2 Å². The van der Waals surface area contributed by atoms with Crippen LogP contribution >= 0.6 is 11.3 Å². The highest BCUT2D eigenvalue weighted by atomic mass is 32.1. The van der Waals surface area contributed by atoms with Gasteiger partial charge in [-0.05, 0) is 37.3 Å². The predicted octanol–water partition coefficient (Wildman–Crippen LogP) is 3.17. The van der Waals surface area contributed by atoms with Gasteiger partial charge in [-0.3, -0.25) is 0 Å². The molecule has 4 heteroatoms. The van der Waals surface area contributed by atoms with Crippen molar-refractivity contribution in [2.24, 2.45) is 5.73 Å². The normalized spacial score (nSPS) is 21.3. The summed E-state index contributed by atoms with van der Waals surface area (Å²) in [5, 5.41) is 1.13. The Labute approximate surface area is 117 Å². The Balaban J connectivity index is 1.75. The van der Waals surface area contributed by atoms with E-state index < -0.39 is 0 Å². The number of nitrogens with zero attached hydrogens (tertiary/aromatic N) is 2. The Morgan fingerprint density at radius 1 is 1.26 bits per heavy atom. The first-order valence-corrected chi connectivity index (χ1v) is 7.75. The summed E-state index contributed by atoms with van der Waals surface area (Å²) in [6.07, 6.45) is 4.54. The second-order valence-electron chi connectivity index (χ2n) is 5.33. The fourth-order valence-electron chi connectivity index (χ4n) is 3.09. The van der Waals surface area contributed by atoms with Gasteiger partial charge in [0.25, 0.3) is 0 Å². The molecule has 19 heavy (non-hydrogen) atoms. The summed E-state index contributed by atoms with van der Waals surface area (Å²) in [7, 11) is 0. The van der Waals surface area contributed by atoms with E-state index in [1.54, 1.807) is 0 Å². The Bertz CT molecular complexity index is 620. The van der Waals surface area contributed by atoms with Gasteiger partial charge in [-0.15, -0.1) is 11.3 Å². The minimum atomic E-state index is 0.145. The predicted molar refractivity (Wildman–Crippen MR) is 79.1 cm³/mol. The van der Waals surface area contributed by atoms with Gasteiger partial charge in [-0.2, -0.15) is 0 Å². The lowest BCUT2D eigenvalue weighted by atomic mass is 9.99. The standard InChI is InChI=1S/C15H17N3S/c16-11-5-3-7-13-14(11)17-15(19-13)18-9-8-10-4-1-2-6-12(10)18/h1-2,4,6,11H,3,5,7-9,16H2. The van der Waals surface area contributed by atoms with Crippen molar-refractivity contribution in [3.05, 3.63) is 40.4 Å². The van der Waals surface area contributed by atoms with Gasteiger partial charge in [0.05, 0.1) is 5.69 Å². The molecule has 1 aliphatic heterocycles. The van der Waals surface area contributed by atoms with Gasteiger partial charge in [0, 0.05) is 23.2 Å². The molecule has 2 aliphatic rings. The van der Waals surface area contributed by atoms with E-state index >= 15 is 0 Å². The Kier molecular flexibility index (Phi) is 2.60. The lowest BCUT2D eigenvalue weighted by Crippen LogP contribution is -2.17. The zero-order chi connectivity index (χ0) is 12.8. The summed E-state index contributed by atoms with van der Waals surface area (Å²) < 4.78 is 0. The van der Waals surface area contributed by atoms with E-state index in [0.717, 1.165) is 36.6 Å². The van der Waals surface area contributed by atoms with Gasteiger partial charge < -0.3 is 10.6 Å². The first-order valence-electron chi connectivity index (χ1n) is 6.93. The van der Waals surface area contributed by atoms with Gasteiger partial charge >= 0.3 is 0 Å². The van der Waals surface area contributed by atoms with Crippen molar-refractivity contribution in [2.75, 3.05) is 11.4 Å². The van der Waals surface area contributed by atoms with Crippen LogP contribution in [-0.2, 0) is 12.8 Å². The van der Waals surface area contributed by atoms with Crippen molar-refractivity contribution < 1.29 is 0 Å². The van der Waals surface area contributed by atoms with E-state index in [9.17, 15) is 0 Å². The molecule has 0 bridgehead atoms.